The third-order valence-corrected chi connectivity index (χ3v) is 15.6. The summed E-state index contributed by atoms with van der Waals surface area (Å²) in [6, 6.07) is 77.5. The molecular formula is C63H46N2S. The van der Waals surface area contributed by atoms with Gasteiger partial charge in [0, 0.05) is 50.2 Å². The molecule has 9 aromatic carbocycles. The van der Waals surface area contributed by atoms with Crippen molar-refractivity contribution >= 4 is 45.9 Å². The van der Waals surface area contributed by atoms with Crippen molar-refractivity contribution in [1.82, 2.24) is 0 Å². The molecule has 4 aliphatic rings. The average molecular weight is 863 g/mol. The number of benzene rings is 9. The molecule has 314 valence electrons. The van der Waals surface area contributed by atoms with Crippen LogP contribution in [0.1, 0.15) is 27.8 Å². The van der Waals surface area contributed by atoms with Crippen LogP contribution in [0.4, 0.5) is 34.1 Å². The van der Waals surface area contributed by atoms with Gasteiger partial charge in [0.05, 0.1) is 5.41 Å². The molecule has 0 N–H and O–H groups in total. The summed E-state index contributed by atoms with van der Waals surface area (Å²) in [7, 11) is 0. The van der Waals surface area contributed by atoms with E-state index in [9.17, 15) is 0 Å². The Labute approximate surface area is 391 Å². The van der Waals surface area contributed by atoms with E-state index in [4.69, 9.17) is 0 Å². The summed E-state index contributed by atoms with van der Waals surface area (Å²) in [6.07, 6.45) is 9.55. The molecule has 3 heteroatoms. The molecule has 1 aliphatic heterocycles. The Balaban J connectivity index is 1.24. The number of hydrogen-bond acceptors (Lipinski definition) is 3. The summed E-state index contributed by atoms with van der Waals surface area (Å²) in [5.41, 5.74) is 23.0. The maximum Gasteiger partial charge on any atom is 0.0552 e. The van der Waals surface area contributed by atoms with E-state index < -0.39 is 5.41 Å². The number of nitrogens with zero attached hydrogens (tertiary/aromatic N) is 2. The van der Waals surface area contributed by atoms with E-state index in [1.54, 1.807) is 0 Å². The zero-order valence-electron chi connectivity index (χ0n) is 36.9. The molecule has 3 aliphatic carbocycles. The Hall–Kier alpha value is -7.59. The summed E-state index contributed by atoms with van der Waals surface area (Å²) in [5.74, 6) is 0.119. The summed E-state index contributed by atoms with van der Waals surface area (Å²) < 4.78 is 0. The van der Waals surface area contributed by atoms with Crippen LogP contribution in [0.3, 0.4) is 0 Å². The lowest BCUT2D eigenvalue weighted by Crippen LogP contribution is -2.44. The first kappa shape index (κ1) is 38.8. The van der Waals surface area contributed by atoms with Crippen LogP contribution in [0.25, 0.3) is 44.5 Å². The standard InChI is InChI=1S/C63H46N2S/c1-41-19-17-25-45(35-41)64(43-21-5-3-6-22-43)47-37-53-51-29-11-9-27-49(51)50-28-10-12-30-52(50)54-38-48(65(44-23-7-4-8-24-44)46-26-18-20-42(2)36-46)40-58-62(54)61(53)57(39-47)63(58)55-31-13-15-33-59(55)66-60-34-16-14-32-56(60)63/h3-40,55,59H,1-2H3. The molecule has 0 bridgehead atoms. The fraction of sp³-hybridized carbons (Fsp3) is 0.0794. The zero-order chi connectivity index (χ0) is 43.9. The number of fused-ring (bicyclic) bond motifs is 11. The molecule has 0 saturated heterocycles. The SMILES string of the molecule is Cc1cccc(N(c2ccccc2)c2cc3c4c(c2)C2(c5ccccc5SC5C=CC=CC52)c2cc(N(c5ccccc5)c5cccc(C)c5)cc(c2-4)-c2ccccc2-c2ccccc2-3)c1. The van der Waals surface area contributed by atoms with Crippen molar-refractivity contribution in [3.05, 3.63) is 258 Å². The van der Waals surface area contributed by atoms with E-state index >= 15 is 0 Å². The number of hydrogen-bond donors (Lipinski definition) is 0. The average Bonchev–Trinajstić information content (AvgIpc) is 3.64. The lowest BCUT2D eigenvalue weighted by molar-refractivity contribution is 0.450. The van der Waals surface area contributed by atoms with Crippen LogP contribution in [0.5, 0.6) is 0 Å². The van der Waals surface area contributed by atoms with Crippen molar-refractivity contribution in [1.29, 1.82) is 0 Å². The van der Waals surface area contributed by atoms with Gasteiger partial charge in [0.1, 0.15) is 0 Å². The predicted molar refractivity (Wildman–Crippen MR) is 278 cm³/mol. The highest BCUT2D eigenvalue weighted by Crippen LogP contribution is 2.68. The quantitative estimate of drug-likeness (QED) is 0.164. The van der Waals surface area contributed by atoms with E-state index in [1.165, 1.54) is 77.2 Å². The minimum absolute atomic E-state index is 0.119. The van der Waals surface area contributed by atoms with Crippen molar-refractivity contribution < 1.29 is 0 Å². The van der Waals surface area contributed by atoms with E-state index in [-0.39, 0.29) is 11.2 Å². The minimum atomic E-state index is -0.563. The summed E-state index contributed by atoms with van der Waals surface area (Å²) in [5, 5.41) is 0.219. The second kappa shape index (κ2) is 15.3. The maximum atomic E-state index is 2.58. The van der Waals surface area contributed by atoms with Crippen molar-refractivity contribution in [3.8, 4) is 44.5 Å². The summed E-state index contributed by atoms with van der Waals surface area (Å²) in [4.78, 5) is 6.30. The largest absolute Gasteiger partial charge is 0.310 e. The van der Waals surface area contributed by atoms with Crippen LogP contribution in [0.15, 0.2) is 235 Å². The smallest absolute Gasteiger partial charge is 0.0552 e. The van der Waals surface area contributed by atoms with Crippen molar-refractivity contribution in [3.63, 3.8) is 0 Å². The van der Waals surface area contributed by atoms with Crippen LogP contribution in [-0.2, 0) is 5.41 Å². The lowest BCUT2D eigenvalue weighted by Gasteiger charge is -2.47. The van der Waals surface area contributed by atoms with Crippen LogP contribution >= 0.6 is 11.8 Å². The first-order chi connectivity index (χ1) is 32.6. The van der Waals surface area contributed by atoms with E-state index in [0.717, 1.165) is 34.1 Å². The molecular weight excluding hydrogens is 817 g/mol. The Morgan fingerprint density at radius 3 is 1.32 bits per heavy atom. The molecule has 13 rings (SSSR count). The Kier molecular flexibility index (Phi) is 8.98. The number of anilines is 6. The fourth-order valence-corrected chi connectivity index (χ4v) is 13.1. The van der Waals surface area contributed by atoms with Gasteiger partial charge in [0.2, 0.25) is 0 Å². The van der Waals surface area contributed by atoms with Gasteiger partial charge in [-0.25, -0.2) is 0 Å². The third kappa shape index (κ3) is 5.83. The number of allylic oxidation sites excluding steroid dienone is 3. The van der Waals surface area contributed by atoms with Gasteiger partial charge in [-0.3, -0.25) is 0 Å². The molecule has 1 heterocycles. The van der Waals surface area contributed by atoms with Gasteiger partial charge in [-0.05, 0) is 165 Å². The third-order valence-electron chi connectivity index (χ3n) is 14.3. The predicted octanol–water partition coefficient (Wildman–Crippen LogP) is 17.1. The number of thioether (sulfide) groups is 1. The summed E-state index contributed by atoms with van der Waals surface area (Å²) in [6.45, 7) is 4.39. The molecule has 0 radical (unpaired) electrons. The fourth-order valence-electron chi connectivity index (χ4n) is 11.7. The van der Waals surface area contributed by atoms with Crippen molar-refractivity contribution in [2.45, 2.75) is 29.4 Å². The van der Waals surface area contributed by atoms with Crippen molar-refractivity contribution in [2.75, 3.05) is 9.80 Å². The maximum absolute atomic E-state index is 2.58. The number of aryl methyl sites for hydroxylation is 2. The van der Waals surface area contributed by atoms with E-state index in [1.807, 2.05) is 11.8 Å². The minimum Gasteiger partial charge on any atom is -0.310 e. The lowest BCUT2D eigenvalue weighted by atomic mass is 9.61. The Morgan fingerprint density at radius 2 is 0.803 bits per heavy atom. The first-order valence-corrected chi connectivity index (χ1v) is 24.0. The summed E-state index contributed by atoms with van der Waals surface area (Å²) >= 11 is 2.01. The first-order valence-electron chi connectivity index (χ1n) is 23.1. The molecule has 2 nitrogen and oxygen atoms in total. The highest BCUT2D eigenvalue weighted by molar-refractivity contribution is 8.00. The number of rotatable bonds is 6. The second-order valence-corrected chi connectivity index (χ2v) is 19.3. The molecule has 0 amide bonds. The molecule has 0 aromatic heterocycles. The second-order valence-electron chi connectivity index (χ2n) is 18.1. The normalized spacial score (nSPS) is 16.3. The Bertz CT molecular complexity index is 3270. The molecule has 0 fully saturated rings. The van der Waals surface area contributed by atoms with Crippen molar-refractivity contribution in [2.24, 2.45) is 5.92 Å². The Morgan fingerprint density at radius 1 is 0.364 bits per heavy atom. The molecule has 1 spiro atoms. The van der Waals surface area contributed by atoms with Crippen LogP contribution in [-0.4, -0.2) is 5.25 Å². The molecule has 2 atom stereocenters. The molecule has 9 aromatic rings. The topological polar surface area (TPSA) is 6.48 Å². The van der Waals surface area contributed by atoms with Crippen LogP contribution in [0, 0.1) is 19.8 Å². The zero-order valence-corrected chi connectivity index (χ0v) is 37.7. The molecule has 2 unspecified atom stereocenters. The van der Waals surface area contributed by atoms with E-state index in [2.05, 4.69) is 254 Å². The van der Waals surface area contributed by atoms with Gasteiger partial charge in [-0.1, -0.05) is 152 Å². The van der Waals surface area contributed by atoms with Gasteiger partial charge in [-0.15, -0.1) is 11.8 Å². The van der Waals surface area contributed by atoms with Gasteiger partial charge in [0.15, 0.2) is 0 Å². The molecule has 0 saturated carbocycles. The van der Waals surface area contributed by atoms with Gasteiger partial charge >= 0.3 is 0 Å². The van der Waals surface area contributed by atoms with Crippen LogP contribution < -0.4 is 9.80 Å². The monoisotopic (exact) mass is 862 g/mol. The van der Waals surface area contributed by atoms with Gasteiger partial charge in [0.25, 0.3) is 0 Å². The van der Waals surface area contributed by atoms with E-state index in [0.29, 0.717) is 0 Å². The highest BCUT2D eigenvalue weighted by Gasteiger charge is 2.57. The number of para-hydroxylation sites is 2. The van der Waals surface area contributed by atoms with Crippen LogP contribution in [0.2, 0.25) is 0 Å². The van der Waals surface area contributed by atoms with Gasteiger partial charge in [-0.2, -0.15) is 0 Å². The highest BCUT2D eigenvalue weighted by atomic mass is 32.2. The van der Waals surface area contributed by atoms with Gasteiger partial charge < -0.3 is 9.80 Å². The molecule has 66 heavy (non-hydrogen) atoms.